The van der Waals surface area contributed by atoms with E-state index in [-0.39, 0.29) is 18.4 Å². The maximum atomic E-state index is 13.8. The number of aryl methyl sites for hydroxylation is 2. The number of ether oxygens (including phenoxy) is 2. The Bertz CT molecular complexity index is 1870. The molecule has 1 saturated heterocycles. The molecule has 1 fully saturated rings. The minimum Gasteiger partial charge on any atom is -0.465 e. The van der Waals surface area contributed by atoms with Crippen molar-refractivity contribution in [2.24, 2.45) is 0 Å². The van der Waals surface area contributed by atoms with Gasteiger partial charge in [-0.05, 0) is 86.1 Å². The molecule has 1 unspecified atom stereocenters. The Balaban J connectivity index is 0.00000139. The zero-order valence-corrected chi connectivity index (χ0v) is 35.4. The molecule has 0 radical (unpaired) electrons. The Morgan fingerprint density at radius 1 is 1.10 bits per heavy atom. The van der Waals surface area contributed by atoms with Crippen molar-refractivity contribution in [3.05, 3.63) is 85.3 Å². The molecular formula is C43H58BrN3O4S. The van der Waals surface area contributed by atoms with Gasteiger partial charge in [-0.15, -0.1) is 11.3 Å². The molecule has 2 aromatic heterocycles. The molecule has 282 valence electrons. The monoisotopic (exact) mass is 791 g/mol. The smallest absolute Gasteiger partial charge is 0.337 e. The molecule has 3 heterocycles. The van der Waals surface area contributed by atoms with E-state index in [1.54, 1.807) is 11.3 Å². The summed E-state index contributed by atoms with van der Waals surface area (Å²) in [7, 11) is 1.39. The van der Waals surface area contributed by atoms with Crippen LogP contribution in [0.5, 0.6) is 0 Å². The molecule has 52 heavy (non-hydrogen) atoms. The lowest BCUT2D eigenvalue weighted by Gasteiger charge is -2.27. The van der Waals surface area contributed by atoms with Crippen molar-refractivity contribution in [2.45, 2.75) is 100 Å². The molecule has 2 aromatic carbocycles. The first kappa shape index (κ1) is 42.9. The molecule has 0 saturated carbocycles. The van der Waals surface area contributed by atoms with Crippen molar-refractivity contribution < 1.29 is 19.1 Å². The lowest BCUT2D eigenvalue weighted by molar-refractivity contribution is -0.135. The second-order valence-corrected chi connectivity index (χ2v) is 15.0. The maximum Gasteiger partial charge on any atom is 0.337 e. The molecule has 5 rings (SSSR count). The van der Waals surface area contributed by atoms with Crippen LogP contribution in [-0.2, 0) is 20.8 Å². The summed E-state index contributed by atoms with van der Waals surface area (Å²) in [5.41, 5.74) is 8.79. The second kappa shape index (κ2) is 20.6. The van der Waals surface area contributed by atoms with Crippen LogP contribution in [0.2, 0.25) is 0 Å². The molecule has 1 amide bonds. The first-order valence-electron chi connectivity index (χ1n) is 18.6. The first-order chi connectivity index (χ1) is 24.9. The van der Waals surface area contributed by atoms with Gasteiger partial charge < -0.3 is 18.9 Å². The van der Waals surface area contributed by atoms with Gasteiger partial charge in [-0.1, -0.05) is 95.1 Å². The van der Waals surface area contributed by atoms with Crippen molar-refractivity contribution in [3.63, 3.8) is 0 Å². The number of morpholine rings is 1. The fourth-order valence-electron chi connectivity index (χ4n) is 6.51. The average molecular weight is 793 g/mol. The van der Waals surface area contributed by atoms with Gasteiger partial charge in [0.1, 0.15) is 6.54 Å². The number of hydrogen-bond donors (Lipinski definition) is 0. The van der Waals surface area contributed by atoms with Crippen molar-refractivity contribution in [3.8, 4) is 11.3 Å². The summed E-state index contributed by atoms with van der Waals surface area (Å²) in [6.07, 6.45) is 8.30. The quantitative estimate of drug-likeness (QED) is 0.141. The highest BCUT2D eigenvalue weighted by molar-refractivity contribution is 9.10. The van der Waals surface area contributed by atoms with Crippen LogP contribution in [0.4, 0.5) is 0 Å². The second-order valence-electron chi connectivity index (χ2n) is 13.0. The highest BCUT2D eigenvalue weighted by Gasteiger charge is 2.27. The van der Waals surface area contributed by atoms with Crippen LogP contribution < -0.4 is 0 Å². The summed E-state index contributed by atoms with van der Waals surface area (Å²) in [5, 5.41) is 2.09. The van der Waals surface area contributed by atoms with E-state index in [9.17, 15) is 9.59 Å². The van der Waals surface area contributed by atoms with Crippen molar-refractivity contribution in [1.29, 1.82) is 0 Å². The third kappa shape index (κ3) is 10.3. The molecule has 0 spiro atoms. The lowest BCUT2D eigenvalue weighted by Crippen LogP contribution is -2.42. The number of amides is 1. The van der Waals surface area contributed by atoms with Crippen LogP contribution >= 0.6 is 27.3 Å². The van der Waals surface area contributed by atoms with E-state index in [2.05, 4.69) is 91.0 Å². The van der Waals surface area contributed by atoms with Crippen LogP contribution in [0.3, 0.4) is 0 Å². The molecule has 1 aliphatic heterocycles. The standard InChI is InChI=1S/C38H44BrN3O4S.C3H8.C2H6/c1-8-10-23(2)35-31-14-13-29(38(44)45-7)21-33(31)42(22-34(43)41-15-17-46-18-16-41)36(35)30-19-28(25(4)32(39)20-30)12-9-11-24(3)37-26(5)40-27(6)47-37;1-3-2;1-2/h9,12-14,19-21,23H,3,8,10-11,15-18,22H2,1-2,4-7H3;3H2,1-2H3;1-2H3/b12-9-;;. The van der Waals surface area contributed by atoms with Gasteiger partial charge in [-0.3, -0.25) is 4.79 Å². The van der Waals surface area contributed by atoms with Crippen LogP contribution in [0.25, 0.3) is 33.8 Å². The van der Waals surface area contributed by atoms with E-state index in [1.165, 1.54) is 19.1 Å². The largest absolute Gasteiger partial charge is 0.465 e. The van der Waals surface area contributed by atoms with Gasteiger partial charge in [0.05, 0.1) is 52.7 Å². The van der Waals surface area contributed by atoms with Crippen molar-refractivity contribution in [1.82, 2.24) is 14.5 Å². The van der Waals surface area contributed by atoms with E-state index in [0.717, 1.165) is 71.8 Å². The molecular weight excluding hydrogens is 734 g/mol. The molecule has 7 nitrogen and oxygen atoms in total. The summed E-state index contributed by atoms with van der Waals surface area (Å²) in [5.74, 6) is -0.155. The normalized spacial score (nSPS) is 13.3. The third-order valence-electron chi connectivity index (χ3n) is 8.94. The number of thiazole rings is 1. The summed E-state index contributed by atoms with van der Waals surface area (Å²) in [6, 6.07) is 10.1. The average Bonchev–Trinajstić information content (AvgIpc) is 3.66. The van der Waals surface area contributed by atoms with Crippen LogP contribution in [-0.4, -0.2) is 59.7 Å². The van der Waals surface area contributed by atoms with E-state index in [0.29, 0.717) is 38.3 Å². The number of hydrogen-bond acceptors (Lipinski definition) is 6. The Kier molecular flexibility index (Phi) is 17.0. The number of rotatable bonds is 11. The first-order valence-corrected chi connectivity index (χ1v) is 20.3. The highest BCUT2D eigenvalue weighted by atomic mass is 79.9. The Morgan fingerprint density at radius 3 is 2.37 bits per heavy atom. The lowest BCUT2D eigenvalue weighted by atomic mass is 9.90. The SMILES string of the molecule is C=C(C/C=C\c1cc(-c2c(C(C)CCC)c3ccc(C(=O)OC)cc3n2CC(=O)N2CCOCC2)cc(Br)c1C)c1sc(C)nc1C.CC.CCC. The molecule has 0 N–H and O–H groups in total. The number of fused-ring (bicyclic) bond motifs is 1. The zero-order chi connectivity index (χ0) is 38.5. The number of methoxy groups -OCH3 is 1. The van der Waals surface area contributed by atoms with Gasteiger partial charge in [0, 0.05) is 28.5 Å². The van der Waals surface area contributed by atoms with Crippen LogP contribution in [0, 0.1) is 20.8 Å². The summed E-state index contributed by atoms with van der Waals surface area (Å²) in [4.78, 5) is 34.1. The third-order valence-corrected chi connectivity index (χ3v) is 10.9. The predicted octanol–water partition coefficient (Wildman–Crippen LogP) is 11.6. The van der Waals surface area contributed by atoms with Gasteiger partial charge >= 0.3 is 5.97 Å². The number of esters is 1. The van der Waals surface area contributed by atoms with Gasteiger partial charge in [-0.25, -0.2) is 9.78 Å². The molecule has 0 aliphatic carbocycles. The molecule has 0 bridgehead atoms. The van der Waals surface area contributed by atoms with Crippen LogP contribution in [0.15, 0.2) is 47.5 Å². The van der Waals surface area contributed by atoms with E-state index in [4.69, 9.17) is 9.47 Å². The van der Waals surface area contributed by atoms with Crippen molar-refractivity contribution >= 4 is 61.7 Å². The fourth-order valence-corrected chi connectivity index (χ4v) is 7.89. The predicted molar refractivity (Wildman–Crippen MR) is 223 cm³/mol. The van der Waals surface area contributed by atoms with Gasteiger partial charge in [0.15, 0.2) is 0 Å². The van der Waals surface area contributed by atoms with Crippen LogP contribution in [0.1, 0.15) is 116 Å². The number of carbonyl (C=O) groups is 2. The van der Waals surface area contributed by atoms with E-state index >= 15 is 0 Å². The molecule has 1 atom stereocenters. The number of aromatic nitrogens is 2. The molecule has 9 heteroatoms. The Morgan fingerprint density at radius 2 is 1.77 bits per heavy atom. The van der Waals surface area contributed by atoms with E-state index in [1.807, 2.05) is 50.8 Å². The summed E-state index contributed by atoms with van der Waals surface area (Å²) >= 11 is 5.54. The topological polar surface area (TPSA) is 73.7 Å². The Labute approximate surface area is 324 Å². The number of carbonyl (C=O) groups excluding carboxylic acids is 2. The number of benzene rings is 2. The minimum absolute atomic E-state index is 0.0306. The maximum absolute atomic E-state index is 13.8. The molecule has 4 aromatic rings. The van der Waals surface area contributed by atoms with Crippen molar-refractivity contribution in [2.75, 3.05) is 33.4 Å². The number of nitrogens with zero attached hydrogens (tertiary/aromatic N) is 3. The Hall–Kier alpha value is -3.53. The summed E-state index contributed by atoms with van der Waals surface area (Å²) < 4.78 is 13.7. The van der Waals surface area contributed by atoms with Gasteiger partial charge in [-0.2, -0.15) is 0 Å². The fraction of sp³-hybridized carbons (Fsp3) is 0.465. The van der Waals surface area contributed by atoms with E-state index < -0.39 is 5.97 Å². The van der Waals surface area contributed by atoms with Gasteiger partial charge in [0.2, 0.25) is 5.91 Å². The zero-order valence-electron chi connectivity index (χ0n) is 33.0. The minimum atomic E-state index is -0.403. The number of halogens is 1. The highest BCUT2D eigenvalue weighted by Crippen LogP contribution is 2.42. The molecule has 1 aliphatic rings. The van der Waals surface area contributed by atoms with Gasteiger partial charge in [0.25, 0.3) is 0 Å². The number of allylic oxidation sites excluding steroid dienone is 2. The summed E-state index contributed by atoms with van der Waals surface area (Å²) in [6.45, 7) is 25.6.